The summed E-state index contributed by atoms with van der Waals surface area (Å²) in [5.41, 5.74) is 2.91. The Morgan fingerprint density at radius 3 is 2.31 bits per heavy atom. The summed E-state index contributed by atoms with van der Waals surface area (Å²) in [5, 5.41) is 18.5. The third-order valence-corrected chi connectivity index (χ3v) is 5.34. The maximum absolute atomic E-state index is 9.56. The number of hydrogen-bond donors (Lipinski definition) is 1. The van der Waals surface area contributed by atoms with E-state index < -0.39 is 0 Å². The van der Waals surface area contributed by atoms with Crippen LogP contribution in [0.2, 0.25) is 0 Å². The van der Waals surface area contributed by atoms with E-state index >= 15 is 0 Å². The average molecular weight is 349 g/mol. The second-order valence-electron chi connectivity index (χ2n) is 7.15. The fraction of sp³-hybridized carbons (Fsp3) is 0.450. The van der Waals surface area contributed by atoms with E-state index in [2.05, 4.69) is 31.9 Å². The molecule has 2 aromatic rings. The lowest BCUT2D eigenvalue weighted by atomic mass is 9.80. The zero-order valence-corrected chi connectivity index (χ0v) is 15.0. The van der Waals surface area contributed by atoms with Crippen LogP contribution in [-0.4, -0.2) is 47.4 Å². The lowest BCUT2D eigenvalue weighted by Gasteiger charge is -2.37. The molecule has 134 valence electrons. The van der Waals surface area contributed by atoms with Crippen molar-refractivity contribution in [1.29, 1.82) is 5.26 Å². The molecule has 1 N–H and O–H groups in total. The van der Waals surface area contributed by atoms with Gasteiger partial charge in [0.15, 0.2) is 0 Å². The summed E-state index contributed by atoms with van der Waals surface area (Å²) in [6.07, 6.45) is 1.44. The Morgan fingerprint density at radius 2 is 1.69 bits per heavy atom. The van der Waals surface area contributed by atoms with Crippen LogP contribution in [0.1, 0.15) is 35.8 Å². The van der Waals surface area contributed by atoms with E-state index in [-0.39, 0.29) is 6.10 Å². The summed E-state index contributed by atoms with van der Waals surface area (Å²) in [7, 11) is 0. The van der Waals surface area contributed by atoms with Gasteiger partial charge in [-0.05, 0) is 44.0 Å². The van der Waals surface area contributed by atoms with E-state index in [1.807, 2.05) is 31.2 Å². The Morgan fingerprint density at radius 1 is 1.04 bits per heavy atom. The van der Waals surface area contributed by atoms with Gasteiger partial charge in [-0.3, -0.25) is 0 Å². The smallest absolute Gasteiger partial charge is 0.132 e. The van der Waals surface area contributed by atoms with E-state index in [0.29, 0.717) is 11.5 Å². The minimum Gasteiger partial charge on any atom is -0.393 e. The number of benzene rings is 1. The fourth-order valence-electron chi connectivity index (χ4n) is 3.72. The monoisotopic (exact) mass is 349 g/mol. The van der Waals surface area contributed by atoms with Gasteiger partial charge in [0.25, 0.3) is 0 Å². The Bertz CT molecular complexity index is 815. The fourth-order valence-corrected chi connectivity index (χ4v) is 3.72. The molecule has 2 fully saturated rings. The zero-order valence-electron chi connectivity index (χ0n) is 15.0. The highest BCUT2D eigenvalue weighted by atomic mass is 16.3. The van der Waals surface area contributed by atoms with Gasteiger partial charge >= 0.3 is 0 Å². The molecule has 6 nitrogen and oxygen atoms in total. The molecule has 4 rings (SSSR count). The van der Waals surface area contributed by atoms with Gasteiger partial charge in [0.05, 0.1) is 17.7 Å². The molecule has 0 unspecified atom stereocenters. The minimum atomic E-state index is -0.172. The highest BCUT2D eigenvalue weighted by molar-refractivity contribution is 5.52. The summed E-state index contributed by atoms with van der Waals surface area (Å²) in [6.45, 7) is 5.60. The first-order chi connectivity index (χ1) is 12.6. The second kappa shape index (κ2) is 6.93. The number of aliphatic hydroxyl groups excluding tert-OH is 1. The number of nitrogens with zero attached hydrogens (tertiary/aromatic N) is 5. The van der Waals surface area contributed by atoms with Crippen LogP contribution >= 0.6 is 0 Å². The Kier molecular flexibility index (Phi) is 4.48. The maximum atomic E-state index is 9.56. The van der Waals surface area contributed by atoms with Crippen molar-refractivity contribution < 1.29 is 5.11 Å². The van der Waals surface area contributed by atoms with Crippen molar-refractivity contribution in [3.8, 4) is 6.07 Å². The highest BCUT2D eigenvalue weighted by Crippen LogP contribution is 2.36. The molecule has 6 heteroatoms. The van der Waals surface area contributed by atoms with Crippen molar-refractivity contribution in [1.82, 2.24) is 9.97 Å². The van der Waals surface area contributed by atoms with Gasteiger partial charge in [0, 0.05) is 49.5 Å². The molecule has 0 radical (unpaired) electrons. The first-order valence-corrected chi connectivity index (χ1v) is 9.16. The minimum absolute atomic E-state index is 0.172. The lowest BCUT2D eigenvalue weighted by Crippen LogP contribution is -2.47. The number of piperazine rings is 1. The first-order valence-electron chi connectivity index (χ1n) is 9.16. The third-order valence-electron chi connectivity index (χ3n) is 5.34. The van der Waals surface area contributed by atoms with Crippen LogP contribution in [0.3, 0.4) is 0 Å². The van der Waals surface area contributed by atoms with E-state index in [9.17, 15) is 5.11 Å². The lowest BCUT2D eigenvalue weighted by molar-refractivity contribution is 0.0731. The molecule has 1 aliphatic carbocycles. The molecule has 2 heterocycles. The van der Waals surface area contributed by atoms with Gasteiger partial charge in [0.1, 0.15) is 11.6 Å². The Balaban J connectivity index is 1.43. The van der Waals surface area contributed by atoms with Crippen molar-refractivity contribution >= 4 is 11.5 Å². The SMILES string of the molecule is Cc1nc(C2CC(O)C2)cc(N2CCN(c3ccc(C#N)cc3)CC2)n1. The predicted octanol–water partition coefficient (Wildman–Crippen LogP) is 2.22. The molecule has 0 atom stereocenters. The number of anilines is 2. The van der Waals surface area contributed by atoms with Crippen LogP contribution < -0.4 is 9.80 Å². The van der Waals surface area contributed by atoms with Crippen molar-refractivity contribution in [3.63, 3.8) is 0 Å². The van der Waals surface area contributed by atoms with Gasteiger partial charge < -0.3 is 14.9 Å². The molecule has 26 heavy (non-hydrogen) atoms. The topological polar surface area (TPSA) is 76.3 Å². The van der Waals surface area contributed by atoms with Crippen molar-refractivity contribution in [2.45, 2.75) is 31.8 Å². The number of hydrogen-bond acceptors (Lipinski definition) is 6. The molecule has 1 saturated carbocycles. The first kappa shape index (κ1) is 16.8. The molecular formula is C20H23N5O. The van der Waals surface area contributed by atoms with E-state index in [1.165, 1.54) is 0 Å². The van der Waals surface area contributed by atoms with E-state index in [1.54, 1.807) is 0 Å². The molecule has 0 spiro atoms. The number of rotatable bonds is 3. The molecule has 1 aromatic heterocycles. The number of aliphatic hydroxyl groups is 1. The summed E-state index contributed by atoms with van der Waals surface area (Å²) < 4.78 is 0. The quantitative estimate of drug-likeness (QED) is 0.916. The van der Waals surface area contributed by atoms with Crippen molar-refractivity contribution in [2.75, 3.05) is 36.0 Å². The van der Waals surface area contributed by atoms with Gasteiger partial charge in [0.2, 0.25) is 0 Å². The van der Waals surface area contributed by atoms with Crippen molar-refractivity contribution in [3.05, 3.63) is 47.4 Å². The molecule has 0 amide bonds. The zero-order chi connectivity index (χ0) is 18.1. The number of aryl methyl sites for hydroxylation is 1. The van der Waals surface area contributed by atoms with Crippen LogP contribution in [0, 0.1) is 18.3 Å². The standard InChI is InChI=1S/C20H23N5O/c1-14-22-19(16-10-18(26)11-16)12-20(23-14)25-8-6-24(7-9-25)17-4-2-15(13-21)3-5-17/h2-5,12,16,18,26H,6-11H2,1H3. The average Bonchev–Trinajstić information content (AvgIpc) is 2.65. The molecular weight excluding hydrogens is 326 g/mol. The van der Waals surface area contributed by atoms with E-state index in [4.69, 9.17) is 5.26 Å². The second-order valence-corrected chi connectivity index (χ2v) is 7.15. The predicted molar refractivity (Wildman–Crippen MR) is 100 cm³/mol. The summed E-state index contributed by atoms with van der Waals surface area (Å²) >= 11 is 0. The molecule has 1 saturated heterocycles. The Labute approximate surface area is 153 Å². The molecule has 2 aliphatic rings. The molecule has 1 aliphatic heterocycles. The van der Waals surface area contributed by atoms with Gasteiger partial charge in [-0.15, -0.1) is 0 Å². The molecule has 1 aromatic carbocycles. The largest absolute Gasteiger partial charge is 0.393 e. The van der Waals surface area contributed by atoms with Crippen molar-refractivity contribution in [2.24, 2.45) is 0 Å². The van der Waals surface area contributed by atoms with E-state index in [0.717, 1.165) is 62.0 Å². The summed E-state index contributed by atoms with van der Waals surface area (Å²) in [6, 6.07) is 12.0. The van der Waals surface area contributed by atoms with Crippen LogP contribution in [0.15, 0.2) is 30.3 Å². The number of aromatic nitrogens is 2. The third kappa shape index (κ3) is 3.35. The van der Waals surface area contributed by atoms with Crippen LogP contribution in [0.5, 0.6) is 0 Å². The maximum Gasteiger partial charge on any atom is 0.132 e. The Hall–Kier alpha value is -2.65. The normalized spacial score (nSPS) is 22.7. The number of nitriles is 1. The summed E-state index contributed by atoms with van der Waals surface area (Å²) in [4.78, 5) is 13.9. The van der Waals surface area contributed by atoms with Crippen LogP contribution in [0.4, 0.5) is 11.5 Å². The van der Waals surface area contributed by atoms with Gasteiger partial charge in [-0.2, -0.15) is 5.26 Å². The summed E-state index contributed by atoms with van der Waals surface area (Å²) in [5.74, 6) is 2.16. The van der Waals surface area contributed by atoms with Gasteiger partial charge in [-0.1, -0.05) is 0 Å². The van der Waals surface area contributed by atoms with Gasteiger partial charge in [-0.25, -0.2) is 9.97 Å². The highest BCUT2D eigenvalue weighted by Gasteiger charge is 2.30. The van der Waals surface area contributed by atoms with Crippen LogP contribution in [0.25, 0.3) is 0 Å². The molecule has 0 bridgehead atoms. The van der Waals surface area contributed by atoms with Crippen LogP contribution in [-0.2, 0) is 0 Å².